The van der Waals surface area contributed by atoms with E-state index >= 15 is 0 Å². The molecule has 0 fully saturated rings. The van der Waals surface area contributed by atoms with Crippen molar-refractivity contribution in [2.75, 3.05) is 6.61 Å². The van der Waals surface area contributed by atoms with Gasteiger partial charge in [-0.25, -0.2) is 4.68 Å². The van der Waals surface area contributed by atoms with E-state index in [2.05, 4.69) is 20.5 Å². The molecule has 0 radical (unpaired) electrons. The lowest BCUT2D eigenvalue weighted by Crippen LogP contribution is -2.24. The van der Waals surface area contributed by atoms with E-state index < -0.39 is 0 Å². The highest BCUT2D eigenvalue weighted by Gasteiger charge is 2.17. The Morgan fingerprint density at radius 1 is 1.15 bits per heavy atom. The summed E-state index contributed by atoms with van der Waals surface area (Å²) in [5.74, 6) is 1.07. The van der Waals surface area contributed by atoms with Gasteiger partial charge in [0.2, 0.25) is 5.82 Å². The van der Waals surface area contributed by atoms with Gasteiger partial charge in [-0.3, -0.25) is 4.79 Å². The smallest absolute Gasteiger partial charge is 0.278 e. The topological polar surface area (TPSA) is 87.7 Å². The van der Waals surface area contributed by atoms with Crippen LogP contribution in [0.15, 0.2) is 29.1 Å². The normalized spacial score (nSPS) is 10.9. The van der Waals surface area contributed by atoms with E-state index in [1.807, 2.05) is 26.0 Å². The molecule has 0 bridgehead atoms. The van der Waals surface area contributed by atoms with Crippen LogP contribution in [-0.2, 0) is 13.6 Å². The number of hydrogen-bond acceptors (Lipinski definition) is 6. The van der Waals surface area contributed by atoms with E-state index in [1.54, 1.807) is 19.2 Å². The number of halogens is 1. The molecule has 0 aliphatic heterocycles. The third kappa shape index (κ3) is 3.91. The van der Waals surface area contributed by atoms with Crippen LogP contribution in [0, 0.1) is 13.8 Å². The van der Waals surface area contributed by atoms with Gasteiger partial charge in [-0.1, -0.05) is 11.6 Å². The Labute approximate surface area is 155 Å². The summed E-state index contributed by atoms with van der Waals surface area (Å²) in [6.07, 6.45) is 0.699. The summed E-state index contributed by atoms with van der Waals surface area (Å²) in [5, 5.41) is 17.2. The SMILES string of the molecule is Cc1nn(C)c(=O)c(-c2nnn(CCCOc3ccc(Cl)cc3)n2)c1C. The predicted molar refractivity (Wildman–Crippen MR) is 97.3 cm³/mol. The predicted octanol–water partition coefficient (Wildman–Crippen LogP) is 2.17. The summed E-state index contributed by atoms with van der Waals surface area (Å²) in [5.41, 5.74) is 1.72. The minimum Gasteiger partial charge on any atom is -0.494 e. The van der Waals surface area contributed by atoms with E-state index in [1.165, 1.54) is 9.48 Å². The summed E-state index contributed by atoms with van der Waals surface area (Å²) < 4.78 is 6.92. The summed E-state index contributed by atoms with van der Waals surface area (Å²) >= 11 is 5.84. The number of ether oxygens (including phenoxy) is 1. The Balaban J connectivity index is 1.64. The van der Waals surface area contributed by atoms with E-state index in [0.29, 0.717) is 36.0 Å². The van der Waals surface area contributed by atoms with Crippen molar-refractivity contribution < 1.29 is 4.74 Å². The molecule has 0 N–H and O–H groups in total. The van der Waals surface area contributed by atoms with Crippen LogP contribution in [0.3, 0.4) is 0 Å². The lowest BCUT2D eigenvalue weighted by atomic mass is 10.1. The van der Waals surface area contributed by atoms with Gasteiger partial charge in [0, 0.05) is 18.5 Å². The number of benzene rings is 1. The van der Waals surface area contributed by atoms with Gasteiger partial charge in [-0.2, -0.15) is 9.90 Å². The first-order valence-electron chi connectivity index (χ1n) is 8.17. The van der Waals surface area contributed by atoms with Gasteiger partial charge in [0.1, 0.15) is 5.75 Å². The average Bonchev–Trinajstić information content (AvgIpc) is 3.07. The third-order valence-corrected chi connectivity index (χ3v) is 4.24. The van der Waals surface area contributed by atoms with Crippen LogP contribution in [0.1, 0.15) is 17.7 Å². The molecule has 0 aliphatic carbocycles. The van der Waals surface area contributed by atoms with Crippen LogP contribution in [-0.4, -0.2) is 36.6 Å². The van der Waals surface area contributed by atoms with Crippen LogP contribution in [0.25, 0.3) is 11.4 Å². The Kier molecular flexibility index (Phi) is 5.32. The highest BCUT2D eigenvalue weighted by Crippen LogP contribution is 2.17. The summed E-state index contributed by atoms with van der Waals surface area (Å²) in [4.78, 5) is 13.8. The number of hydrogen-bond donors (Lipinski definition) is 0. The molecular weight excluding hydrogens is 356 g/mol. The van der Waals surface area contributed by atoms with Gasteiger partial charge in [0.25, 0.3) is 5.56 Å². The van der Waals surface area contributed by atoms with E-state index in [4.69, 9.17) is 16.3 Å². The van der Waals surface area contributed by atoms with E-state index in [9.17, 15) is 4.79 Å². The molecule has 2 aromatic heterocycles. The van der Waals surface area contributed by atoms with Gasteiger partial charge in [-0.15, -0.1) is 10.2 Å². The quantitative estimate of drug-likeness (QED) is 0.614. The third-order valence-electron chi connectivity index (χ3n) is 3.99. The molecular formula is C17H19ClN6O2. The standard InChI is InChI=1S/C17H19ClN6O2/c1-11-12(2)20-23(3)17(25)15(11)16-19-22-24(21-16)9-4-10-26-14-7-5-13(18)6-8-14/h5-8H,4,9-10H2,1-3H3. The van der Waals surface area contributed by atoms with Crippen molar-refractivity contribution in [1.82, 2.24) is 30.0 Å². The molecule has 0 unspecified atom stereocenters. The molecule has 3 rings (SSSR count). The van der Waals surface area contributed by atoms with Crippen LogP contribution in [0.4, 0.5) is 0 Å². The second-order valence-electron chi connectivity index (χ2n) is 5.88. The van der Waals surface area contributed by atoms with Crippen LogP contribution < -0.4 is 10.3 Å². The van der Waals surface area contributed by atoms with Crippen LogP contribution in [0.5, 0.6) is 5.75 Å². The lowest BCUT2D eigenvalue weighted by molar-refractivity contribution is 0.293. The maximum Gasteiger partial charge on any atom is 0.278 e. The number of aryl methyl sites for hydroxylation is 3. The van der Waals surface area contributed by atoms with Crippen molar-refractivity contribution >= 4 is 11.6 Å². The summed E-state index contributed by atoms with van der Waals surface area (Å²) in [7, 11) is 1.61. The fraction of sp³-hybridized carbons (Fsp3) is 0.353. The fourth-order valence-electron chi connectivity index (χ4n) is 2.48. The van der Waals surface area contributed by atoms with Crippen molar-refractivity contribution in [3.05, 3.63) is 50.9 Å². The molecule has 1 aromatic carbocycles. The molecule has 9 heteroatoms. The second kappa shape index (κ2) is 7.65. The Hall–Kier alpha value is -2.74. The minimum atomic E-state index is -0.237. The van der Waals surface area contributed by atoms with Gasteiger partial charge in [0.15, 0.2) is 0 Å². The first kappa shape index (κ1) is 18.1. The zero-order valence-electron chi connectivity index (χ0n) is 14.8. The van der Waals surface area contributed by atoms with Gasteiger partial charge >= 0.3 is 0 Å². The molecule has 136 valence electrons. The Bertz CT molecular complexity index is 964. The van der Waals surface area contributed by atoms with Crippen LogP contribution >= 0.6 is 11.6 Å². The van der Waals surface area contributed by atoms with Crippen molar-refractivity contribution in [3.63, 3.8) is 0 Å². The molecule has 3 aromatic rings. The minimum absolute atomic E-state index is 0.237. The molecule has 0 atom stereocenters. The van der Waals surface area contributed by atoms with Crippen molar-refractivity contribution in [3.8, 4) is 17.1 Å². The largest absolute Gasteiger partial charge is 0.494 e. The summed E-state index contributed by atoms with van der Waals surface area (Å²) in [6, 6.07) is 7.19. The fourth-order valence-corrected chi connectivity index (χ4v) is 2.60. The van der Waals surface area contributed by atoms with Crippen molar-refractivity contribution in [2.24, 2.45) is 7.05 Å². The second-order valence-corrected chi connectivity index (χ2v) is 6.32. The monoisotopic (exact) mass is 374 g/mol. The van der Waals surface area contributed by atoms with Crippen LogP contribution in [0.2, 0.25) is 5.02 Å². The van der Waals surface area contributed by atoms with Gasteiger partial charge < -0.3 is 4.74 Å². The number of aromatic nitrogens is 6. The Morgan fingerprint density at radius 2 is 1.88 bits per heavy atom. The van der Waals surface area contributed by atoms with Crippen molar-refractivity contribution in [2.45, 2.75) is 26.8 Å². The number of rotatable bonds is 6. The molecule has 0 spiro atoms. The van der Waals surface area contributed by atoms with E-state index in [0.717, 1.165) is 17.0 Å². The first-order chi connectivity index (χ1) is 12.5. The molecule has 2 heterocycles. The highest BCUT2D eigenvalue weighted by molar-refractivity contribution is 6.30. The highest BCUT2D eigenvalue weighted by atomic mass is 35.5. The van der Waals surface area contributed by atoms with E-state index in [-0.39, 0.29) is 5.56 Å². The lowest BCUT2D eigenvalue weighted by Gasteiger charge is -2.06. The zero-order chi connectivity index (χ0) is 18.7. The number of nitrogens with zero attached hydrogens (tertiary/aromatic N) is 6. The Morgan fingerprint density at radius 3 is 2.62 bits per heavy atom. The molecule has 0 saturated carbocycles. The molecule has 0 amide bonds. The van der Waals surface area contributed by atoms with Crippen molar-refractivity contribution in [1.29, 1.82) is 0 Å². The van der Waals surface area contributed by atoms with Gasteiger partial charge in [0.05, 0.1) is 24.4 Å². The molecule has 0 saturated heterocycles. The molecule has 8 nitrogen and oxygen atoms in total. The maximum absolute atomic E-state index is 12.3. The average molecular weight is 375 g/mol. The molecule has 0 aliphatic rings. The summed E-state index contributed by atoms with van der Waals surface area (Å²) in [6.45, 7) is 4.72. The van der Waals surface area contributed by atoms with Gasteiger partial charge in [-0.05, 0) is 48.9 Å². The maximum atomic E-state index is 12.3. The molecule has 26 heavy (non-hydrogen) atoms. The first-order valence-corrected chi connectivity index (χ1v) is 8.54. The zero-order valence-corrected chi connectivity index (χ0v) is 15.6. The number of tetrazole rings is 1.